The lowest BCUT2D eigenvalue weighted by Crippen LogP contribution is -2.16. The molecule has 0 spiro atoms. The van der Waals surface area contributed by atoms with Gasteiger partial charge >= 0.3 is 0 Å². The Kier molecular flexibility index (Phi) is 8.65. The van der Waals surface area contributed by atoms with Gasteiger partial charge in [-0.2, -0.15) is 0 Å². The molecular formula is C15H24BrNO3. The fraction of sp³-hybridized carbons (Fsp3) is 0.600. The van der Waals surface area contributed by atoms with Gasteiger partial charge in [-0.05, 0) is 60.4 Å². The summed E-state index contributed by atoms with van der Waals surface area (Å²) in [6, 6.07) is 4.10. The highest BCUT2D eigenvalue weighted by Crippen LogP contribution is 2.36. The van der Waals surface area contributed by atoms with E-state index in [1.165, 1.54) is 5.56 Å². The first kappa shape index (κ1) is 17.3. The molecule has 0 aliphatic rings. The molecule has 0 saturated carbocycles. The summed E-state index contributed by atoms with van der Waals surface area (Å²) < 4.78 is 17.2. The molecule has 0 atom stereocenters. The lowest BCUT2D eigenvalue weighted by molar-refractivity contribution is 0.194. The summed E-state index contributed by atoms with van der Waals surface area (Å²) in [6.45, 7) is 7.69. The molecular weight excluding hydrogens is 322 g/mol. The van der Waals surface area contributed by atoms with Crippen molar-refractivity contribution >= 4 is 15.9 Å². The zero-order chi connectivity index (χ0) is 14.8. The van der Waals surface area contributed by atoms with Gasteiger partial charge in [-0.15, -0.1) is 0 Å². The smallest absolute Gasteiger partial charge is 0.175 e. The Balaban J connectivity index is 2.67. The van der Waals surface area contributed by atoms with E-state index < -0.39 is 0 Å². The van der Waals surface area contributed by atoms with Gasteiger partial charge in [0.2, 0.25) is 0 Å². The van der Waals surface area contributed by atoms with Crippen LogP contribution in [0.2, 0.25) is 0 Å². The summed E-state index contributed by atoms with van der Waals surface area (Å²) in [4.78, 5) is 0. The highest BCUT2D eigenvalue weighted by atomic mass is 79.9. The van der Waals surface area contributed by atoms with E-state index in [1.807, 2.05) is 19.9 Å². The van der Waals surface area contributed by atoms with Gasteiger partial charge in [0.1, 0.15) is 0 Å². The normalized spacial score (nSPS) is 10.6. The molecule has 1 rings (SSSR count). The Morgan fingerprint density at radius 3 is 2.55 bits per heavy atom. The summed E-state index contributed by atoms with van der Waals surface area (Å²) in [5, 5.41) is 3.39. The first-order chi connectivity index (χ1) is 9.72. The van der Waals surface area contributed by atoms with Crippen LogP contribution in [0.1, 0.15) is 25.8 Å². The molecule has 0 bridgehead atoms. The molecule has 0 unspecified atom stereocenters. The molecule has 114 valence electrons. The van der Waals surface area contributed by atoms with Gasteiger partial charge in [0.15, 0.2) is 11.5 Å². The minimum atomic E-state index is 0.618. The van der Waals surface area contributed by atoms with Crippen LogP contribution in [-0.4, -0.2) is 33.5 Å². The quantitative estimate of drug-likeness (QED) is 0.660. The molecule has 4 nitrogen and oxygen atoms in total. The number of methoxy groups -OCH3 is 1. The summed E-state index contributed by atoms with van der Waals surface area (Å²) in [5.74, 6) is 1.56. The third-order valence-corrected chi connectivity index (χ3v) is 3.28. The molecule has 0 aromatic heterocycles. The van der Waals surface area contributed by atoms with Gasteiger partial charge in [-0.1, -0.05) is 0 Å². The minimum absolute atomic E-state index is 0.618. The molecule has 1 aromatic carbocycles. The molecule has 5 heteroatoms. The van der Waals surface area contributed by atoms with Gasteiger partial charge in [-0.3, -0.25) is 0 Å². The van der Waals surface area contributed by atoms with E-state index in [-0.39, 0.29) is 0 Å². The van der Waals surface area contributed by atoms with Gasteiger partial charge in [0, 0.05) is 20.3 Å². The number of hydrogen-bond acceptors (Lipinski definition) is 4. The number of benzene rings is 1. The van der Waals surface area contributed by atoms with Crippen LogP contribution in [0, 0.1) is 0 Å². The van der Waals surface area contributed by atoms with E-state index >= 15 is 0 Å². The average molecular weight is 346 g/mol. The van der Waals surface area contributed by atoms with Crippen LogP contribution in [0.4, 0.5) is 0 Å². The minimum Gasteiger partial charge on any atom is -0.490 e. The monoisotopic (exact) mass is 345 g/mol. The topological polar surface area (TPSA) is 39.7 Å². The summed E-state index contributed by atoms with van der Waals surface area (Å²) in [6.07, 6.45) is 1.01. The lowest BCUT2D eigenvalue weighted by atomic mass is 10.2. The van der Waals surface area contributed by atoms with Crippen LogP contribution in [0.15, 0.2) is 16.6 Å². The van der Waals surface area contributed by atoms with Crippen molar-refractivity contribution in [1.29, 1.82) is 0 Å². The third-order valence-electron chi connectivity index (χ3n) is 2.69. The average Bonchev–Trinajstić information content (AvgIpc) is 2.43. The Hall–Kier alpha value is -0.780. The Morgan fingerprint density at radius 2 is 1.90 bits per heavy atom. The second-order valence-corrected chi connectivity index (χ2v) is 5.15. The highest BCUT2D eigenvalue weighted by molar-refractivity contribution is 9.10. The molecule has 1 aromatic rings. The molecule has 0 radical (unpaired) electrons. The van der Waals surface area contributed by atoms with Gasteiger partial charge < -0.3 is 19.5 Å². The molecule has 0 aliphatic carbocycles. The molecule has 0 heterocycles. The summed E-state index contributed by atoms with van der Waals surface area (Å²) >= 11 is 3.55. The maximum absolute atomic E-state index is 5.65. The third kappa shape index (κ3) is 5.69. The molecule has 0 saturated heterocycles. The van der Waals surface area contributed by atoms with Crippen LogP contribution in [-0.2, 0) is 11.3 Å². The number of ether oxygens (including phenoxy) is 3. The van der Waals surface area contributed by atoms with Gasteiger partial charge in [-0.25, -0.2) is 0 Å². The fourth-order valence-corrected chi connectivity index (χ4v) is 2.45. The Morgan fingerprint density at radius 1 is 1.15 bits per heavy atom. The van der Waals surface area contributed by atoms with E-state index in [1.54, 1.807) is 7.11 Å². The molecule has 1 N–H and O–H groups in total. The van der Waals surface area contributed by atoms with Crippen molar-refractivity contribution in [3.05, 3.63) is 22.2 Å². The van der Waals surface area contributed by atoms with Crippen molar-refractivity contribution in [1.82, 2.24) is 5.32 Å². The van der Waals surface area contributed by atoms with E-state index in [0.717, 1.165) is 42.1 Å². The zero-order valence-corrected chi connectivity index (χ0v) is 14.1. The van der Waals surface area contributed by atoms with E-state index in [4.69, 9.17) is 14.2 Å². The summed E-state index contributed by atoms with van der Waals surface area (Å²) in [7, 11) is 1.72. The number of halogens is 1. The predicted octanol–water partition coefficient (Wildman–Crippen LogP) is 3.37. The maximum atomic E-state index is 5.65. The fourth-order valence-electron chi connectivity index (χ4n) is 1.85. The van der Waals surface area contributed by atoms with E-state index in [0.29, 0.717) is 13.2 Å². The molecule has 20 heavy (non-hydrogen) atoms. The number of rotatable bonds is 10. The lowest BCUT2D eigenvalue weighted by Gasteiger charge is -2.15. The van der Waals surface area contributed by atoms with E-state index in [9.17, 15) is 0 Å². The van der Waals surface area contributed by atoms with Crippen LogP contribution < -0.4 is 14.8 Å². The first-order valence-corrected chi connectivity index (χ1v) is 7.79. The van der Waals surface area contributed by atoms with Crippen molar-refractivity contribution in [2.24, 2.45) is 0 Å². The molecule has 0 fully saturated rings. The van der Waals surface area contributed by atoms with E-state index in [2.05, 4.69) is 27.3 Å². The van der Waals surface area contributed by atoms with Crippen LogP contribution in [0.5, 0.6) is 11.5 Å². The molecule has 0 amide bonds. The maximum Gasteiger partial charge on any atom is 0.175 e. The Labute approximate surface area is 129 Å². The van der Waals surface area contributed by atoms with Crippen LogP contribution >= 0.6 is 15.9 Å². The van der Waals surface area contributed by atoms with Gasteiger partial charge in [0.05, 0.1) is 17.7 Å². The second kappa shape index (κ2) is 10.0. The second-order valence-electron chi connectivity index (χ2n) is 4.29. The van der Waals surface area contributed by atoms with Crippen molar-refractivity contribution in [2.75, 3.05) is 33.5 Å². The number of hydrogen-bond donors (Lipinski definition) is 1. The van der Waals surface area contributed by atoms with Crippen molar-refractivity contribution in [3.63, 3.8) is 0 Å². The first-order valence-electron chi connectivity index (χ1n) is 7.00. The Bertz CT molecular complexity index is 399. The van der Waals surface area contributed by atoms with Crippen molar-refractivity contribution < 1.29 is 14.2 Å². The van der Waals surface area contributed by atoms with Crippen LogP contribution in [0.3, 0.4) is 0 Å². The largest absolute Gasteiger partial charge is 0.490 e. The standard InChI is InChI=1S/C15H24BrNO3/c1-4-19-14-10-12(11-17-7-6-8-18-3)9-13(16)15(14)20-5-2/h9-10,17H,4-8,11H2,1-3H3. The van der Waals surface area contributed by atoms with Crippen molar-refractivity contribution in [2.45, 2.75) is 26.8 Å². The zero-order valence-electron chi connectivity index (χ0n) is 12.5. The van der Waals surface area contributed by atoms with Gasteiger partial charge in [0.25, 0.3) is 0 Å². The highest BCUT2D eigenvalue weighted by Gasteiger charge is 2.11. The SMILES string of the molecule is CCOc1cc(CNCCCOC)cc(Br)c1OCC. The predicted molar refractivity (Wildman–Crippen MR) is 84.7 cm³/mol. The molecule has 0 aliphatic heterocycles. The number of nitrogens with one attached hydrogen (secondary N) is 1. The van der Waals surface area contributed by atoms with Crippen LogP contribution in [0.25, 0.3) is 0 Å². The van der Waals surface area contributed by atoms with Crippen molar-refractivity contribution in [3.8, 4) is 11.5 Å². The summed E-state index contributed by atoms with van der Waals surface area (Å²) in [5.41, 5.74) is 1.17.